The minimum absolute atomic E-state index is 0.0799. The first-order valence-corrected chi connectivity index (χ1v) is 12.3. The van der Waals surface area contributed by atoms with E-state index in [4.69, 9.17) is 11.6 Å². The fraction of sp³-hybridized carbons (Fsp3) is 0.360. The van der Waals surface area contributed by atoms with E-state index in [1.807, 2.05) is 34.2 Å². The monoisotopic (exact) mass is 501 g/mol. The Bertz CT molecular complexity index is 1460. The van der Waals surface area contributed by atoms with Crippen LogP contribution in [0.1, 0.15) is 29.8 Å². The fourth-order valence-electron chi connectivity index (χ4n) is 5.38. The zero-order valence-electron chi connectivity index (χ0n) is 19.5. The van der Waals surface area contributed by atoms with Crippen LogP contribution in [0, 0.1) is 11.3 Å². The van der Waals surface area contributed by atoms with Crippen molar-refractivity contribution in [2.75, 3.05) is 26.2 Å². The Hall–Kier alpha value is -3.81. The predicted octanol–water partition coefficient (Wildman–Crippen LogP) is 3.10. The number of halogens is 1. The van der Waals surface area contributed by atoms with Crippen molar-refractivity contribution in [2.45, 2.75) is 30.8 Å². The SMILES string of the molecule is N#CCC1(n2cc(-c3ncnc4[nH]ccc34)cn2)CN(C2CCN(C(=O)c3cccc(Cl)n3)CC2)C1. The van der Waals surface area contributed by atoms with Gasteiger partial charge in [0.15, 0.2) is 0 Å². The van der Waals surface area contributed by atoms with Crippen molar-refractivity contribution in [3.05, 3.63) is 60.0 Å². The molecule has 2 aliphatic heterocycles. The Balaban J connectivity index is 1.13. The summed E-state index contributed by atoms with van der Waals surface area (Å²) in [5.74, 6) is -0.0799. The Kier molecular flexibility index (Phi) is 5.66. The van der Waals surface area contributed by atoms with Crippen LogP contribution in [0.2, 0.25) is 5.15 Å². The van der Waals surface area contributed by atoms with Gasteiger partial charge < -0.3 is 9.88 Å². The van der Waals surface area contributed by atoms with E-state index in [9.17, 15) is 10.1 Å². The van der Waals surface area contributed by atoms with Crippen LogP contribution in [0.5, 0.6) is 0 Å². The number of pyridine rings is 1. The highest BCUT2D eigenvalue weighted by atomic mass is 35.5. The van der Waals surface area contributed by atoms with Crippen molar-refractivity contribution in [3.8, 4) is 17.3 Å². The number of hydrogen-bond donors (Lipinski definition) is 1. The number of carbonyl (C=O) groups is 1. The maximum atomic E-state index is 12.8. The molecule has 4 aromatic heterocycles. The first-order valence-electron chi connectivity index (χ1n) is 11.9. The summed E-state index contributed by atoms with van der Waals surface area (Å²) in [5, 5.41) is 15.5. The molecule has 182 valence electrons. The number of likely N-dealkylation sites (tertiary alicyclic amines) is 2. The lowest BCUT2D eigenvalue weighted by molar-refractivity contribution is -0.0412. The standard InChI is InChI=1S/C25H24ClN9O/c26-21-3-1-2-20(32-21)24(36)33-10-5-18(6-11-33)34-14-25(15-34,7-8-27)35-13-17(12-31-35)22-19-4-9-28-23(19)30-16-29-22/h1-4,9,12-13,16,18H,5-7,10-11,14-15H2,(H,28,29,30). The third-order valence-corrected chi connectivity index (χ3v) is 7.51. The van der Waals surface area contributed by atoms with Gasteiger partial charge in [-0.1, -0.05) is 17.7 Å². The normalized spacial score (nSPS) is 18.2. The van der Waals surface area contributed by atoms with E-state index in [0.717, 1.165) is 48.2 Å². The van der Waals surface area contributed by atoms with Crippen LogP contribution in [-0.2, 0) is 5.54 Å². The number of aromatic nitrogens is 6. The summed E-state index contributed by atoms with van der Waals surface area (Å²) in [6.07, 6.45) is 9.33. The molecule has 11 heteroatoms. The van der Waals surface area contributed by atoms with Gasteiger partial charge in [-0.3, -0.25) is 14.4 Å². The first-order chi connectivity index (χ1) is 17.6. The molecule has 10 nitrogen and oxygen atoms in total. The molecule has 0 radical (unpaired) electrons. The van der Waals surface area contributed by atoms with Gasteiger partial charge in [-0.15, -0.1) is 0 Å². The number of fused-ring (bicyclic) bond motifs is 1. The van der Waals surface area contributed by atoms with Crippen LogP contribution in [0.25, 0.3) is 22.3 Å². The maximum Gasteiger partial charge on any atom is 0.272 e. The van der Waals surface area contributed by atoms with Crippen LogP contribution in [0.4, 0.5) is 0 Å². The average molecular weight is 502 g/mol. The van der Waals surface area contributed by atoms with Crippen LogP contribution in [0.3, 0.4) is 0 Å². The number of amides is 1. The summed E-state index contributed by atoms with van der Waals surface area (Å²) in [7, 11) is 0. The van der Waals surface area contributed by atoms with Crippen molar-refractivity contribution < 1.29 is 4.79 Å². The molecule has 2 aliphatic rings. The summed E-state index contributed by atoms with van der Waals surface area (Å²) in [6, 6.07) is 9.80. The fourth-order valence-corrected chi connectivity index (χ4v) is 5.55. The highest BCUT2D eigenvalue weighted by molar-refractivity contribution is 6.29. The Morgan fingerprint density at radius 3 is 2.83 bits per heavy atom. The topological polar surface area (TPSA) is 120 Å². The number of H-pyrrole nitrogens is 1. The van der Waals surface area contributed by atoms with Crippen LogP contribution in [0.15, 0.2) is 49.2 Å². The van der Waals surface area contributed by atoms with Crippen molar-refractivity contribution in [1.82, 2.24) is 39.5 Å². The number of hydrogen-bond acceptors (Lipinski definition) is 7. The Morgan fingerprint density at radius 2 is 2.06 bits per heavy atom. The van der Waals surface area contributed by atoms with Gasteiger partial charge in [0.25, 0.3) is 5.91 Å². The molecule has 0 aliphatic carbocycles. The third-order valence-electron chi connectivity index (χ3n) is 7.30. The minimum atomic E-state index is -0.366. The highest BCUT2D eigenvalue weighted by Crippen LogP contribution is 2.37. The molecule has 0 spiro atoms. The van der Waals surface area contributed by atoms with Crippen LogP contribution >= 0.6 is 11.6 Å². The molecule has 0 unspecified atom stereocenters. The lowest BCUT2D eigenvalue weighted by atomic mass is 9.83. The second-order valence-corrected chi connectivity index (χ2v) is 9.86. The largest absolute Gasteiger partial charge is 0.346 e. The van der Waals surface area contributed by atoms with Crippen molar-refractivity contribution in [1.29, 1.82) is 5.26 Å². The van der Waals surface area contributed by atoms with E-state index >= 15 is 0 Å². The molecule has 1 amide bonds. The van der Waals surface area contributed by atoms with Crippen molar-refractivity contribution in [3.63, 3.8) is 0 Å². The zero-order chi connectivity index (χ0) is 24.7. The summed E-state index contributed by atoms with van der Waals surface area (Å²) in [4.78, 5) is 33.1. The molecule has 36 heavy (non-hydrogen) atoms. The van der Waals surface area contributed by atoms with Crippen LogP contribution in [-0.4, -0.2) is 77.6 Å². The van der Waals surface area contributed by atoms with Crippen molar-refractivity contribution >= 4 is 28.5 Å². The highest BCUT2D eigenvalue weighted by Gasteiger charge is 2.48. The Labute approximate surface area is 212 Å². The summed E-state index contributed by atoms with van der Waals surface area (Å²) in [5.41, 5.74) is 2.52. The van der Waals surface area contributed by atoms with Crippen LogP contribution < -0.4 is 0 Å². The van der Waals surface area contributed by atoms with Crippen molar-refractivity contribution in [2.24, 2.45) is 0 Å². The minimum Gasteiger partial charge on any atom is -0.346 e. The molecular weight excluding hydrogens is 478 g/mol. The number of nitrogens with one attached hydrogen (secondary N) is 1. The molecule has 6 rings (SSSR count). The second kappa shape index (κ2) is 9.00. The van der Waals surface area contributed by atoms with Gasteiger partial charge in [0.05, 0.1) is 24.4 Å². The third kappa shape index (κ3) is 3.90. The number of piperidine rings is 1. The quantitative estimate of drug-likeness (QED) is 0.417. The first kappa shape index (κ1) is 22.6. The molecule has 2 fully saturated rings. The van der Waals surface area contributed by atoms with Gasteiger partial charge in [-0.05, 0) is 31.0 Å². The maximum absolute atomic E-state index is 12.8. The number of nitrogens with zero attached hydrogens (tertiary/aromatic N) is 8. The summed E-state index contributed by atoms with van der Waals surface area (Å²) in [6.45, 7) is 2.84. The molecule has 0 atom stereocenters. The molecule has 6 heterocycles. The van der Waals surface area contributed by atoms with Gasteiger partial charge in [0, 0.05) is 55.6 Å². The van der Waals surface area contributed by atoms with E-state index in [2.05, 4.69) is 36.0 Å². The van der Waals surface area contributed by atoms with Gasteiger partial charge in [0.1, 0.15) is 28.4 Å². The Morgan fingerprint density at radius 1 is 1.22 bits per heavy atom. The number of nitriles is 1. The molecule has 0 saturated carbocycles. The molecule has 1 N–H and O–H groups in total. The van der Waals surface area contributed by atoms with Gasteiger partial charge in [0.2, 0.25) is 0 Å². The molecule has 4 aromatic rings. The second-order valence-electron chi connectivity index (χ2n) is 9.47. The number of aromatic amines is 1. The molecular formula is C25H24ClN9O. The van der Waals surface area contributed by atoms with E-state index in [1.54, 1.807) is 24.5 Å². The lowest BCUT2D eigenvalue weighted by Crippen LogP contribution is -2.66. The van der Waals surface area contributed by atoms with E-state index < -0.39 is 0 Å². The van der Waals surface area contributed by atoms with E-state index in [1.165, 1.54) is 0 Å². The number of carbonyl (C=O) groups excluding carboxylic acids is 1. The van der Waals surface area contributed by atoms with Gasteiger partial charge in [-0.2, -0.15) is 10.4 Å². The zero-order valence-corrected chi connectivity index (χ0v) is 20.3. The smallest absolute Gasteiger partial charge is 0.272 e. The molecule has 2 saturated heterocycles. The molecule has 0 aromatic carbocycles. The van der Waals surface area contributed by atoms with E-state index in [-0.39, 0.29) is 11.4 Å². The number of rotatable bonds is 5. The molecule has 0 bridgehead atoms. The predicted molar refractivity (Wildman–Crippen MR) is 133 cm³/mol. The van der Waals surface area contributed by atoms with Gasteiger partial charge >= 0.3 is 0 Å². The van der Waals surface area contributed by atoms with Gasteiger partial charge in [-0.25, -0.2) is 15.0 Å². The average Bonchev–Trinajstić information content (AvgIpc) is 3.56. The summed E-state index contributed by atoms with van der Waals surface area (Å²) < 4.78 is 1.94. The van der Waals surface area contributed by atoms with E-state index in [0.29, 0.717) is 36.4 Å². The lowest BCUT2D eigenvalue weighted by Gasteiger charge is -2.53. The summed E-state index contributed by atoms with van der Waals surface area (Å²) >= 11 is 5.95.